The van der Waals surface area contributed by atoms with Crippen molar-refractivity contribution in [2.24, 2.45) is 0 Å². The van der Waals surface area contributed by atoms with Crippen LogP contribution in [0.1, 0.15) is 0 Å². The van der Waals surface area contributed by atoms with Crippen LogP contribution in [0.25, 0.3) is 0 Å². The first-order valence-electron chi connectivity index (χ1n) is 2.45. The molecule has 54 valence electrons. The predicted molar refractivity (Wildman–Crippen MR) is 46.4 cm³/mol. The van der Waals surface area contributed by atoms with Gasteiger partial charge < -0.3 is 0 Å². The molecule has 1 rings (SSSR count). The van der Waals surface area contributed by atoms with E-state index in [1.165, 1.54) is 12.1 Å². The SMILES string of the molecule is Fc1cc(Br)c(Cl)cc1S. The third kappa shape index (κ3) is 1.65. The molecule has 0 aliphatic rings. The molecule has 0 radical (unpaired) electrons. The van der Waals surface area contributed by atoms with Gasteiger partial charge in [-0.2, -0.15) is 0 Å². The van der Waals surface area contributed by atoms with Crippen LogP contribution in [0.4, 0.5) is 4.39 Å². The van der Waals surface area contributed by atoms with E-state index in [0.717, 1.165) is 0 Å². The Balaban J connectivity index is 3.28. The molecule has 0 bridgehead atoms. The van der Waals surface area contributed by atoms with E-state index >= 15 is 0 Å². The van der Waals surface area contributed by atoms with Crippen molar-refractivity contribution in [3.8, 4) is 0 Å². The van der Waals surface area contributed by atoms with Crippen molar-refractivity contribution in [2.45, 2.75) is 4.90 Å². The lowest BCUT2D eigenvalue weighted by molar-refractivity contribution is 0.602. The summed E-state index contributed by atoms with van der Waals surface area (Å²) in [6.45, 7) is 0. The van der Waals surface area contributed by atoms with Gasteiger partial charge in [0.15, 0.2) is 0 Å². The molecule has 0 aliphatic carbocycles. The van der Waals surface area contributed by atoms with Gasteiger partial charge in [0.2, 0.25) is 0 Å². The van der Waals surface area contributed by atoms with Gasteiger partial charge in [0.25, 0.3) is 0 Å². The molecule has 0 saturated carbocycles. The number of rotatable bonds is 0. The molecule has 0 atom stereocenters. The Bertz CT molecular complexity index is 214. The maximum absolute atomic E-state index is 12.6. The molecule has 0 N–H and O–H groups in total. The van der Waals surface area contributed by atoms with Crippen LogP contribution < -0.4 is 0 Å². The second kappa shape index (κ2) is 3.11. The van der Waals surface area contributed by atoms with Gasteiger partial charge in [0.05, 0.1) is 5.02 Å². The molecule has 1 aromatic carbocycles. The van der Waals surface area contributed by atoms with Crippen molar-refractivity contribution in [3.05, 3.63) is 27.4 Å². The fourth-order valence-corrected chi connectivity index (χ4v) is 1.26. The molecule has 0 aromatic heterocycles. The van der Waals surface area contributed by atoms with Crippen molar-refractivity contribution in [2.75, 3.05) is 0 Å². The molecule has 0 unspecified atom stereocenters. The lowest BCUT2D eigenvalue weighted by Gasteiger charge is -1.97. The first-order chi connectivity index (χ1) is 4.61. The van der Waals surface area contributed by atoms with E-state index in [1.54, 1.807) is 0 Å². The fraction of sp³-hybridized carbons (Fsp3) is 0. The van der Waals surface area contributed by atoms with Crippen molar-refractivity contribution in [1.29, 1.82) is 0 Å². The van der Waals surface area contributed by atoms with Crippen molar-refractivity contribution < 1.29 is 4.39 Å². The van der Waals surface area contributed by atoms with Gasteiger partial charge >= 0.3 is 0 Å². The molecule has 0 nitrogen and oxygen atoms in total. The van der Waals surface area contributed by atoms with E-state index in [0.29, 0.717) is 9.50 Å². The highest BCUT2D eigenvalue weighted by molar-refractivity contribution is 9.10. The molecule has 0 saturated heterocycles. The van der Waals surface area contributed by atoms with E-state index in [1.807, 2.05) is 0 Å². The van der Waals surface area contributed by atoms with Gasteiger partial charge in [-0.05, 0) is 28.1 Å². The van der Waals surface area contributed by atoms with Crippen LogP contribution in [0.2, 0.25) is 5.02 Å². The average molecular weight is 242 g/mol. The van der Waals surface area contributed by atoms with Crippen LogP contribution in [0.5, 0.6) is 0 Å². The Labute approximate surface area is 76.9 Å². The highest BCUT2D eigenvalue weighted by atomic mass is 79.9. The van der Waals surface area contributed by atoms with Crippen LogP contribution in [-0.4, -0.2) is 0 Å². The summed E-state index contributed by atoms with van der Waals surface area (Å²) >= 11 is 12.5. The molecule has 0 spiro atoms. The maximum Gasteiger partial charge on any atom is 0.137 e. The van der Waals surface area contributed by atoms with Gasteiger partial charge in [0, 0.05) is 9.37 Å². The normalized spacial score (nSPS) is 10.0. The largest absolute Gasteiger partial charge is 0.206 e. The van der Waals surface area contributed by atoms with Crippen LogP contribution in [0, 0.1) is 5.82 Å². The summed E-state index contributed by atoms with van der Waals surface area (Å²) in [6.07, 6.45) is 0. The summed E-state index contributed by atoms with van der Waals surface area (Å²) in [7, 11) is 0. The molecule has 10 heavy (non-hydrogen) atoms. The number of halogens is 3. The summed E-state index contributed by atoms with van der Waals surface area (Å²) < 4.78 is 13.1. The number of hydrogen-bond acceptors (Lipinski definition) is 1. The second-order valence-corrected chi connectivity index (χ2v) is 3.46. The Morgan fingerprint density at radius 3 is 2.60 bits per heavy atom. The Kier molecular flexibility index (Phi) is 2.61. The lowest BCUT2D eigenvalue weighted by Crippen LogP contribution is -1.77. The van der Waals surface area contributed by atoms with Gasteiger partial charge in [-0.25, -0.2) is 4.39 Å². The molecular formula is C6H3BrClFS. The minimum atomic E-state index is -0.375. The Hall–Kier alpha value is 0.270. The fourth-order valence-electron chi connectivity index (χ4n) is 0.512. The Morgan fingerprint density at radius 2 is 2.10 bits per heavy atom. The van der Waals surface area contributed by atoms with E-state index in [9.17, 15) is 4.39 Å². The zero-order valence-electron chi connectivity index (χ0n) is 4.74. The molecular weight excluding hydrogens is 238 g/mol. The predicted octanol–water partition coefficient (Wildman–Crippen LogP) is 3.53. The third-order valence-electron chi connectivity index (χ3n) is 0.990. The maximum atomic E-state index is 12.6. The van der Waals surface area contributed by atoms with Gasteiger partial charge in [-0.15, -0.1) is 12.6 Å². The first kappa shape index (κ1) is 8.37. The van der Waals surface area contributed by atoms with Crippen LogP contribution in [0.3, 0.4) is 0 Å². The monoisotopic (exact) mass is 240 g/mol. The molecule has 4 heteroatoms. The van der Waals surface area contributed by atoms with Crippen LogP contribution >= 0.6 is 40.2 Å². The minimum absolute atomic E-state index is 0.258. The highest BCUT2D eigenvalue weighted by Gasteiger charge is 2.02. The molecule has 1 aromatic rings. The van der Waals surface area contributed by atoms with Crippen molar-refractivity contribution in [1.82, 2.24) is 0 Å². The lowest BCUT2D eigenvalue weighted by atomic mass is 10.3. The van der Waals surface area contributed by atoms with Crippen molar-refractivity contribution in [3.63, 3.8) is 0 Å². The van der Waals surface area contributed by atoms with Crippen LogP contribution in [-0.2, 0) is 0 Å². The summed E-state index contributed by atoms with van der Waals surface area (Å²) in [5.41, 5.74) is 0. The standard InChI is InChI=1S/C6H3BrClFS/c7-3-1-5(9)6(10)2-4(3)8/h1-2,10H. The van der Waals surface area contributed by atoms with E-state index in [-0.39, 0.29) is 10.7 Å². The smallest absolute Gasteiger partial charge is 0.137 e. The quantitative estimate of drug-likeness (QED) is 0.521. The average Bonchev–Trinajstić information content (AvgIpc) is 1.84. The summed E-state index contributed by atoms with van der Waals surface area (Å²) in [5, 5.41) is 0.464. The molecule has 0 amide bonds. The topological polar surface area (TPSA) is 0 Å². The summed E-state index contributed by atoms with van der Waals surface area (Å²) in [6, 6.07) is 2.73. The Morgan fingerprint density at radius 1 is 1.50 bits per heavy atom. The number of benzene rings is 1. The molecule has 0 aliphatic heterocycles. The van der Waals surface area contributed by atoms with Gasteiger partial charge in [0.1, 0.15) is 5.82 Å². The van der Waals surface area contributed by atoms with Gasteiger partial charge in [-0.1, -0.05) is 11.6 Å². The summed E-state index contributed by atoms with van der Waals surface area (Å²) in [5.74, 6) is -0.375. The third-order valence-corrected chi connectivity index (χ3v) is 2.53. The van der Waals surface area contributed by atoms with E-state index in [2.05, 4.69) is 28.6 Å². The molecule has 0 heterocycles. The van der Waals surface area contributed by atoms with Crippen LogP contribution in [0.15, 0.2) is 21.5 Å². The van der Waals surface area contributed by atoms with Gasteiger partial charge in [-0.3, -0.25) is 0 Å². The molecule has 0 fully saturated rings. The minimum Gasteiger partial charge on any atom is -0.206 e. The second-order valence-electron chi connectivity index (χ2n) is 1.72. The number of hydrogen-bond donors (Lipinski definition) is 1. The zero-order valence-corrected chi connectivity index (χ0v) is 7.97. The zero-order chi connectivity index (χ0) is 7.72. The summed E-state index contributed by atoms with van der Waals surface area (Å²) in [4.78, 5) is 0.258. The van der Waals surface area contributed by atoms with Crippen molar-refractivity contribution >= 4 is 40.2 Å². The first-order valence-corrected chi connectivity index (χ1v) is 4.06. The highest BCUT2D eigenvalue weighted by Crippen LogP contribution is 2.26. The van der Waals surface area contributed by atoms with E-state index in [4.69, 9.17) is 11.6 Å². The number of thiol groups is 1. The van der Waals surface area contributed by atoms with E-state index < -0.39 is 0 Å².